The number of amides is 2. The highest BCUT2D eigenvalue weighted by atomic mass is 35.5. The van der Waals surface area contributed by atoms with Crippen LogP contribution in [0.4, 0.5) is 5.69 Å². The van der Waals surface area contributed by atoms with Crippen LogP contribution in [0.15, 0.2) is 42.5 Å². The molecular formula is C25H32Cl3N3O4S. The number of nitrogens with zero attached hydrogens (tertiary/aromatic N) is 2. The molecule has 36 heavy (non-hydrogen) atoms. The van der Waals surface area contributed by atoms with E-state index in [0.717, 1.165) is 12.7 Å². The van der Waals surface area contributed by atoms with Crippen LogP contribution < -0.4 is 9.62 Å². The van der Waals surface area contributed by atoms with E-state index in [1.165, 1.54) is 9.21 Å². The molecule has 1 atom stereocenters. The SMILES string of the molecule is CCCNC(=O)[C@@H](CC)N(Cc1c(Cl)cccc1Cl)C(=O)CCCN(c1ccc(Cl)cc1)S(C)(=O)=O. The third-order valence-corrected chi connectivity index (χ3v) is 7.75. The normalized spacial score (nSPS) is 12.2. The zero-order valence-corrected chi connectivity index (χ0v) is 23.7. The number of anilines is 1. The second-order valence-corrected chi connectivity index (χ2v) is 11.5. The van der Waals surface area contributed by atoms with Gasteiger partial charge in [-0.15, -0.1) is 0 Å². The molecular weight excluding hydrogens is 545 g/mol. The predicted molar refractivity (Wildman–Crippen MR) is 147 cm³/mol. The molecule has 11 heteroatoms. The van der Waals surface area contributed by atoms with Gasteiger partial charge >= 0.3 is 0 Å². The molecule has 0 radical (unpaired) electrons. The molecule has 0 aliphatic carbocycles. The topological polar surface area (TPSA) is 86.8 Å². The van der Waals surface area contributed by atoms with Crippen LogP contribution in [0.3, 0.4) is 0 Å². The van der Waals surface area contributed by atoms with Crippen LogP contribution in [0.2, 0.25) is 15.1 Å². The summed E-state index contributed by atoms with van der Waals surface area (Å²) in [5, 5.41) is 4.14. The van der Waals surface area contributed by atoms with E-state index in [4.69, 9.17) is 34.8 Å². The van der Waals surface area contributed by atoms with Crippen molar-refractivity contribution in [2.45, 2.75) is 52.1 Å². The predicted octanol–water partition coefficient (Wildman–Crippen LogP) is 5.53. The molecule has 198 valence electrons. The number of halogens is 3. The van der Waals surface area contributed by atoms with Gasteiger partial charge in [0.15, 0.2) is 0 Å². The number of benzene rings is 2. The Hall–Kier alpha value is -2.00. The summed E-state index contributed by atoms with van der Waals surface area (Å²) in [6, 6.07) is 10.8. The van der Waals surface area contributed by atoms with Crippen LogP contribution in [-0.4, -0.2) is 50.5 Å². The van der Waals surface area contributed by atoms with Gasteiger partial charge in [-0.1, -0.05) is 54.7 Å². The van der Waals surface area contributed by atoms with E-state index >= 15 is 0 Å². The van der Waals surface area contributed by atoms with Gasteiger partial charge in [-0.3, -0.25) is 13.9 Å². The molecule has 2 aromatic carbocycles. The lowest BCUT2D eigenvalue weighted by Gasteiger charge is -2.31. The van der Waals surface area contributed by atoms with Gasteiger partial charge in [-0.05, 0) is 55.7 Å². The largest absolute Gasteiger partial charge is 0.354 e. The van der Waals surface area contributed by atoms with E-state index in [9.17, 15) is 18.0 Å². The van der Waals surface area contributed by atoms with Crippen molar-refractivity contribution in [2.24, 2.45) is 0 Å². The minimum atomic E-state index is -3.59. The molecule has 2 rings (SSSR count). The first-order valence-electron chi connectivity index (χ1n) is 11.7. The van der Waals surface area contributed by atoms with Crippen molar-refractivity contribution in [1.82, 2.24) is 10.2 Å². The molecule has 0 heterocycles. The Balaban J connectivity index is 2.25. The lowest BCUT2D eigenvalue weighted by atomic mass is 10.1. The first kappa shape index (κ1) is 30.2. The molecule has 0 spiro atoms. The average molecular weight is 577 g/mol. The fourth-order valence-electron chi connectivity index (χ4n) is 3.75. The maximum atomic E-state index is 13.4. The number of hydrogen-bond acceptors (Lipinski definition) is 4. The third kappa shape index (κ3) is 8.54. The summed E-state index contributed by atoms with van der Waals surface area (Å²) >= 11 is 18.6. The molecule has 0 unspecified atom stereocenters. The van der Waals surface area contributed by atoms with E-state index in [0.29, 0.717) is 39.3 Å². The Morgan fingerprint density at radius 3 is 2.14 bits per heavy atom. The molecule has 0 aliphatic heterocycles. The van der Waals surface area contributed by atoms with Crippen LogP contribution in [0, 0.1) is 0 Å². The van der Waals surface area contributed by atoms with Gasteiger partial charge in [0, 0.05) is 46.7 Å². The van der Waals surface area contributed by atoms with E-state index < -0.39 is 16.1 Å². The molecule has 0 saturated carbocycles. The highest BCUT2D eigenvalue weighted by Gasteiger charge is 2.29. The third-order valence-electron chi connectivity index (χ3n) is 5.59. The highest BCUT2D eigenvalue weighted by Crippen LogP contribution is 2.28. The molecule has 1 N–H and O–H groups in total. The van der Waals surface area contributed by atoms with Crippen molar-refractivity contribution in [2.75, 3.05) is 23.7 Å². The monoisotopic (exact) mass is 575 g/mol. The van der Waals surface area contributed by atoms with Crippen molar-refractivity contribution in [3.8, 4) is 0 Å². The number of rotatable bonds is 13. The summed E-state index contributed by atoms with van der Waals surface area (Å²) in [6.07, 6.45) is 2.54. The van der Waals surface area contributed by atoms with Gasteiger partial charge < -0.3 is 10.2 Å². The lowest BCUT2D eigenvalue weighted by Crippen LogP contribution is -2.49. The minimum absolute atomic E-state index is 0.0270. The van der Waals surface area contributed by atoms with Gasteiger partial charge in [0.25, 0.3) is 0 Å². The Kier molecular flexibility index (Phi) is 11.8. The van der Waals surface area contributed by atoms with Crippen molar-refractivity contribution >= 4 is 62.3 Å². The number of carbonyl (C=O) groups excluding carboxylic acids is 2. The van der Waals surface area contributed by atoms with Gasteiger partial charge in [-0.2, -0.15) is 0 Å². The minimum Gasteiger partial charge on any atom is -0.354 e. The summed E-state index contributed by atoms with van der Waals surface area (Å²) in [5.74, 6) is -0.552. The number of carbonyl (C=O) groups is 2. The van der Waals surface area contributed by atoms with Gasteiger partial charge in [0.2, 0.25) is 21.8 Å². The second kappa shape index (κ2) is 14.1. The molecule has 0 bridgehead atoms. The molecule has 0 aromatic heterocycles. The van der Waals surface area contributed by atoms with Gasteiger partial charge in [-0.25, -0.2) is 8.42 Å². The van der Waals surface area contributed by atoms with E-state index in [1.807, 2.05) is 13.8 Å². The van der Waals surface area contributed by atoms with Crippen molar-refractivity contribution in [3.63, 3.8) is 0 Å². The molecule has 2 amide bonds. The first-order chi connectivity index (χ1) is 17.0. The van der Waals surface area contributed by atoms with Crippen LogP contribution in [0.1, 0.15) is 45.1 Å². The van der Waals surface area contributed by atoms with Crippen LogP contribution in [-0.2, 0) is 26.2 Å². The average Bonchev–Trinajstić information content (AvgIpc) is 2.82. The first-order valence-corrected chi connectivity index (χ1v) is 14.7. The summed E-state index contributed by atoms with van der Waals surface area (Å²) in [5.41, 5.74) is 1.01. The summed E-state index contributed by atoms with van der Waals surface area (Å²) in [6.45, 7) is 4.42. The molecule has 7 nitrogen and oxygen atoms in total. The zero-order chi connectivity index (χ0) is 26.9. The molecule has 2 aromatic rings. The van der Waals surface area contributed by atoms with E-state index in [2.05, 4.69) is 5.32 Å². The second-order valence-electron chi connectivity index (χ2n) is 8.35. The summed E-state index contributed by atoms with van der Waals surface area (Å²) < 4.78 is 26.0. The number of sulfonamides is 1. The van der Waals surface area contributed by atoms with E-state index in [-0.39, 0.29) is 37.7 Å². The lowest BCUT2D eigenvalue weighted by molar-refractivity contribution is -0.141. The smallest absolute Gasteiger partial charge is 0.242 e. The molecule has 0 aliphatic rings. The highest BCUT2D eigenvalue weighted by molar-refractivity contribution is 7.92. The molecule has 0 saturated heterocycles. The van der Waals surface area contributed by atoms with Crippen molar-refractivity contribution in [1.29, 1.82) is 0 Å². The number of hydrogen-bond donors (Lipinski definition) is 1. The Morgan fingerprint density at radius 2 is 1.61 bits per heavy atom. The summed E-state index contributed by atoms with van der Waals surface area (Å²) in [7, 11) is -3.59. The van der Waals surface area contributed by atoms with Crippen LogP contribution in [0.5, 0.6) is 0 Å². The maximum absolute atomic E-state index is 13.4. The number of nitrogens with one attached hydrogen (secondary N) is 1. The fourth-order valence-corrected chi connectivity index (χ4v) is 5.36. The van der Waals surface area contributed by atoms with Crippen molar-refractivity contribution < 1.29 is 18.0 Å². The van der Waals surface area contributed by atoms with E-state index in [1.54, 1.807) is 42.5 Å². The maximum Gasteiger partial charge on any atom is 0.242 e. The fraction of sp³-hybridized carbons (Fsp3) is 0.440. The summed E-state index contributed by atoms with van der Waals surface area (Å²) in [4.78, 5) is 27.8. The van der Waals surface area contributed by atoms with Crippen molar-refractivity contribution in [3.05, 3.63) is 63.1 Å². The molecule has 0 fully saturated rings. The van der Waals surface area contributed by atoms with Gasteiger partial charge in [0.05, 0.1) is 11.9 Å². The quantitative estimate of drug-likeness (QED) is 0.340. The Morgan fingerprint density at radius 1 is 1.00 bits per heavy atom. The Labute approximate surface area is 228 Å². The Bertz CT molecular complexity index is 1120. The van der Waals surface area contributed by atoms with Crippen LogP contribution >= 0.6 is 34.8 Å². The zero-order valence-electron chi connectivity index (χ0n) is 20.6. The van der Waals surface area contributed by atoms with Gasteiger partial charge in [0.1, 0.15) is 6.04 Å². The standard InChI is InChI=1S/C25H32Cl3N3O4S/c1-4-15-29-25(33)23(5-2)30(17-20-21(27)8-6-9-22(20)28)24(32)10-7-16-31(36(3,34)35)19-13-11-18(26)12-14-19/h6,8-9,11-14,23H,4-5,7,10,15-17H2,1-3H3,(H,29,33)/t23-/m1/s1. The van der Waals surface area contributed by atoms with Crippen LogP contribution in [0.25, 0.3) is 0 Å².